The number of nitrogens with two attached hydrogens (primary N) is 1. The standard InChI is InChI=1S/C30H46N8O/c31-28(39)22-35-16-15-23(21-35)26-13-7-8-14-27(26)29(30-32-33-34-38(30)25-11-5-2-6-12-25)37-19-17-36(18-20-37)24-9-3-1-4-10-24/h7-8,13-14,23-25,29H,1-6,9-12,15-22H2,(H2,31,39). The summed E-state index contributed by atoms with van der Waals surface area (Å²) in [4.78, 5) is 19.2. The summed E-state index contributed by atoms with van der Waals surface area (Å²) >= 11 is 0. The Labute approximate surface area is 233 Å². The number of carbonyl (C=O) groups is 1. The van der Waals surface area contributed by atoms with E-state index in [0.29, 0.717) is 18.5 Å². The predicted molar refractivity (Wildman–Crippen MR) is 151 cm³/mol. The zero-order valence-corrected chi connectivity index (χ0v) is 23.5. The first kappa shape index (κ1) is 26.8. The molecule has 3 heterocycles. The summed E-state index contributed by atoms with van der Waals surface area (Å²) < 4.78 is 2.18. The molecule has 2 N–H and O–H groups in total. The summed E-state index contributed by atoms with van der Waals surface area (Å²) in [7, 11) is 0. The van der Waals surface area contributed by atoms with Crippen molar-refractivity contribution in [3.8, 4) is 0 Å². The topological polar surface area (TPSA) is 96.4 Å². The van der Waals surface area contributed by atoms with E-state index in [0.717, 1.165) is 70.4 Å². The summed E-state index contributed by atoms with van der Waals surface area (Å²) in [6.07, 6.45) is 14.1. The molecule has 2 unspecified atom stereocenters. The van der Waals surface area contributed by atoms with Gasteiger partial charge in [0.1, 0.15) is 0 Å². The molecule has 1 aromatic heterocycles. The number of tetrazole rings is 1. The van der Waals surface area contributed by atoms with Crippen LogP contribution in [0.3, 0.4) is 0 Å². The summed E-state index contributed by atoms with van der Waals surface area (Å²) in [6.45, 7) is 6.42. The van der Waals surface area contributed by atoms with Crippen molar-refractivity contribution in [3.63, 3.8) is 0 Å². The van der Waals surface area contributed by atoms with E-state index in [9.17, 15) is 4.79 Å². The normalized spacial score (nSPS) is 25.7. The highest BCUT2D eigenvalue weighted by Crippen LogP contribution is 2.39. The van der Waals surface area contributed by atoms with E-state index in [4.69, 9.17) is 10.8 Å². The van der Waals surface area contributed by atoms with Gasteiger partial charge in [-0.3, -0.25) is 19.5 Å². The van der Waals surface area contributed by atoms with Gasteiger partial charge in [-0.05, 0) is 66.1 Å². The second kappa shape index (κ2) is 12.4. The Balaban J connectivity index is 1.30. The average Bonchev–Trinajstić information content (AvgIpc) is 3.65. The Morgan fingerprint density at radius 1 is 0.872 bits per heavy atom. The number of rotatable bonds is 8. The van der Waals surface area contributed by atoms with E-state index in [2.05, 4.69) is 54.1 Å². The first-order valence-electron chi connectivity index (χ1n) is 15.5. The number of likely N-dealkylation sites (tertiary alicyclic amines) is 1. The van der Waals surface area contributed by atoms with Gasteiger partial charge >= 0.3 is 0 Å². The van der Waals surface area contributed by atoms with Gasteiger partial charge in [0, 0.05) is 38.8 Å². The van der Waals surface area contributed by atoms with Crippen molar-refractivity contribution in [3.05, 3.63) is 41.2 Å². The quantitative estimate of drug-likeness (QED) is 0.554. The number of nitrogens with zero attached hydrogens (tertiary/aromatic N) is 7. The van der Waals surface area contributed by atoms with E-state index in [-0.39, 0.29) is 11.9 Å². The van der Waals surface area contributed by atoms with Crippen LogP contribution in [0.2, 0.25) is 0 Å². The minimum absolute atomic E-state index is 0.0387. The number of amides is 1. The van der Waals surface area contributed by atoms with Crippen LogP contribution in [0.1, 0.15) is 106 Å². The van der Waals surface area contributed by atoms with Crippen molar-refractivity contribution in [1.29, 1.82) is 0 Å². The molecular formula is C30H46N8O. The van der Waals surface area contributed by atoms with Crippen LogP contribution in [0.15, 0.2) is 24.3 Å². The third-order valence-corrected chi connectivity index (χ3v) is 9.87. The predicted octanol–water partition coefficient (Wildman–Crippen LogP) is 3.49. The van der Waals surface area contributed by atoms with E-state index in [1.165, 1.54) is 62.5 Å². The van der Waals surface area contributed by atoms with E-state index in [1.807, 2.05) is 0 Å². The molecule has 0 radical (unpaired) electrons. The molecule has 1 aromatic carbocycles. The maximum Gasteiger partial charge on any atom is 0.231 e. The molecule has 2 aromatic rings. The lowest BCUT2D eigenvalue weighted by Gasteiger charge is -2.43. The van der Waals surface area contributed by atoms with Crippen molar-refractivity contribution in [2.75, 3.05) is 45.8 Å². The molecule has 2 aliphatic carbocycles. The number of benzene rings is 1. The smallest absolute Gasteiger partial charge is 0.231 e. The molecular weight excluding hydrogens is 488 g/mol. The maximum atomic E-state index is 11.6. The highest BCUT2D eigenvalue weighted by atomic mass is 16.1. The monoisotopic (exact) mass is 534 g/mol. The van der Waals surface area contributed by atoms with Gasteiger partial charge in [-0.1, -0.05) is 62.8 Å². The van der Waals surface area contributed by atoms with Gasteiger partial charge in [-0.2, -0.15) is 0 Å². The van der Waals surface area contributed by atoms with Crippen LogP contribution in [0.25, 0.3) is 0 Å². The van der Waals surface area contributed by atoms with Crippen LogP contribution in [0.5, 0.6) is 0 Å². The van der Waals surface area contributed by atoms with E-state index in [1.54, 1.807) is 0 Å². The first-order valence-corrected chi connectivity index (χ1v) is 15.5. The Kier molecular flexibility index (Phi) is 8.56. The van der Waals surface area contributed by atoms with Gasteiger partial charge in [-0.15, -0.1) is 5.10 Å². The third-order valence-electron chi connectivity index (χ3n) is 9.87. The molecule has 2 atom stereocenters. The van der Waals surface area contributed by atoms with Crippen LogP contribution in [0, 0.1) is 0 Å². The zero-order valence-electron chi connectivity index (χ0n) is 23.5. The fraction of sp³-hybridized carbons (Fsp3) is 0.733. The molecule has 9 nitrogen and oxygen atoms in total. The molecule has 4 aliphatic rings. The van der Waals surface area contributed by atoms with Crippen molar-refractivity contribution >= 4 is 5.91 Å². The minimum atomic E-state index is -0.246. The van der Waals surface area contributed by atoms with Crippen LogP contribution in [-0.2, 0) is 4.79 Å². The van der Waals surface area contributed by atoms with Crippen molar-refractivity contribution in [1.82, 2.24) is 34.9 Å². The number of hydrogen-bond donors (Lipinski definition) is 1. The first-order chi connectivity index (χ1) is 19.2. The van der Waals surface area contributed by atoms with Gasteiger partial charge in [0.25, 0.3) is 0 Å². The Bertz CT molecular complexity index is 1080. The second-order valence-electron chi connectivity index (χ2n) is 12.4. The largest absolute Gasteiger partial charge is 0.369 e. The molecule has 4 fully saturated rings. The summed E-state index contributed by atoms with van der Waals surface area (Å²) in [5.41, 5.74) is 8.24. The van der Waals surface area contributed by atoms with Gasteiger partial charge in [0.15, 0.2) is 5.82 Å². The summed E-state index contributed by atoms with van der Waals surface area (Å²) in [5.74, 6) is 1.14. The highest BCUT2D eigenvalue weighted by Gasteiger charge is 2.37. The van der Waals surface area contributed by atoms with Crippen molar-refractivity contribution in [2.45, 2.75) is 94.7 Å². The molecule has 2 saturated carbocycles. The van der Waals surface area contributed by atoms with Crippen molar-refractivity contribution in [2.24, 2.45) is 5.73 Å². The lowest BCUT2D eigenvalue weighted by atomic mass is 9.88. The third kappa shape index (κ3) is 6.05. The second-order valence-corrected chi connectivity index (χ2v) is 12.4. The fourth-order valence-corrected chi connectivity index (χ4v) is 7.85. The zero-order chi connectivity index (χ0) is 26.6. The molecule has 1 amide bonds. The van der Waals surface area contributed by atoms with Crippen LogP contribution in [0.4, 0.5) is 0 Å². The number of primary amides is 1. The lowest BCUT2D eigenvalue weighted by molar-refractivity contribution is -0.118. The average molecular weight is 535 g/mol. The van der Waals surface area contributed by atoms with Crippen LogP contribution in [-0.4, -0.2) is 92.7 Å². The molecule has 212 valence electrons. The van der Waals surface area contributed by atoms with Crippen molar-refractivity contribution < 1.29 is 4.79 Å². The van der Waals surface area contributed by atoms with Gasteiger partial charge < -0.3 is 5.73 Å². The number of hydrogen-bond acceptors (Lipinski definition) is 7. The molecule has 9 heteroatoms. The Morgan fingerprint density at radius 2 is 1.56 bits per heavy atom. The number of piperazine rings is 1. The SMILES string of the molecule is NC(=O)CN1CCC(c2ccccc2C(c2nnnn2C2CCCCC2)N2CCN(C3CCCCC3)CC2)C1. The maximum absolute atomic E-state index is 11.6. The van der Waals surface area contributed by atoms with Gasteiger partial charge in [-0.25, -0.2) is 4.68 Å². The molecule has 2 aliphatic heterocycles. The lowest BCUT2D eigenvalue weighted by Crippen LogP contribution is -2.52. The number of aromatic nitrogens is 4. The highest BCUT2D eigenvalue weighted by molar-refractivity contribution is 5.76. The Morgan fingerprint density at radius 3 is 2.28 bits per heavy atom. The molecule has 0 bridgehead atoms. The fourth-order valence-electron chi connectivity index (χ4n) is 7.85. The molecule has 2 saturated heterocycles. The van der Waals surface area contributed by atoms with Crippen LogP contribution < -0.4 is 5.73 Å². The number of carbonyl (C=O) groups excluding carboxylic acids is 1. The van der Waals surface area contributed by atoms with Crippen LogP contribution >= 0.6 is 0 Å². The van der Waals surface area contributed by atoms with E-state index < -0.39 is 0 Å². The minimum Gasteiger partial charge on any atom is -0.369 e. The Hall–Kier alpha value is -2.36. The molecule has 0 spiro atoms. The van der Waals surface area contributed by atoms with Gasteiger partial charge in [0.05, 0.1) is 18.6 Å². The molecule has 6 rings (SSSR count). The molecule has 39 heavy (non-hydrogen) atoms. The summed E-state index contributed by atoms with van der Waals surface area (Å²) in [5, 5.41) is 13.6. The van der Waals surface area contributed by atoms with Gasteiger partial charge in [0.2, 0.25) is 5.91 Å². The van der Waals surface area contributed by atoms with E-state index >= 15 is 0 Å². The summed E-state index contributed by atoms with van der Waals surface area (Å²) in [6, 6.07) is 10.1.